The number of amides is 1. The quantitative estimate of drug-likeness (QED) is 0.492. The number of carbonyl (C=O) groups excluding carboxylic acids is 1. The molecule has 0 spiro atoms. The number of piperidine rings is 1. The molecule has 1 heterocycles. The van der Waals surface area contributed by atoms with Gasteiger partial charge in [-0.3, -0.25) is 4.79 Å². The molecule has 0 aromatic heterocycles. The molecule has 136 valence electrons. The van der Waals surface area contributed by atoms with Gasteiger partial charge in [0.15, 0.2) is 0 Å². The second-order valence-corrected chi connectivity index (χ2v) is 6.29. The van der Waals surface area contributed by atoms with Crippen LogP contribution in [0.1, 0.15) is 35.2 Å². The highest BCUT2D eigenvalue weighted by molar-refractivity contribution is 6.00. The van der Waals surface area contributed by atoms with E-state index in [1.54, 1.807) is 19.4 Å². The average Bonchev–Trinajstić information content (AvgIpc) is 2.69. The molecule has 1 aliphatic rings. The standard InChI is InChI=1S/C20H24N4O2/c1-26-17-8-5-15(6-9-17)14-22-23-20(25)18-13-16(7-10-19(18)21)24-11-3-2-4-12-24/h5-10,13-14H,2-4,11-12,21H2,1H3,(H,23,25). The minimum absolute atomic E-state index is 0.314. The van der Waals surface area contributed by atoms with E-state index in [9.17, 15) is 4.79 Å². The van der Waals surface area contributed by atoms with Crippen LogP contribution >= 0.6 is 0 Å². The third-order valence-electron chi connectivity index (χ3n) is 4.50. The van der Waals surface area contributed by atoms with Gasteiger partial charge in [0.05, 0.1) is 18.9 Å². The molecular formula is C20H24N4O2. The van der Waals surface area contributed by atoms with Gasteiger partial charge in [-0.2, -0.15) is 5.10 Å². The normalized spacial score (nSPS) is 14.4. The molecular weight excluding hydrogens is 328 g/mol. The first-order chi connectivity index (χ1) is 12.7. The van der Waals surface area contributed by atoms with Crippen molar-refractivity contribution >= 4 is 23.5 Å². The molecule has 6 nitrogen and oxygen atoms in total. The molecule has 0 unspecified atom stereocenters. The van der Waals surface area contributed by atoms with Crippen molar-refractivity contribution in [1.82, 2.24) is 5.43 Å². The lowest BCUT2D eigenvalue weighted by molar-refractivity contribution is 0.0956. The van der Waals surface area contributed by atoms with Gasteiger partial charge in [0.1, 0.15) is 5.75 Å². The molecule has 2 aromatic carbocycles. The number of hydrogen-bond donors (Lipinski definition) is 2. The molecule has 2 aromatic rings. The molecule has 6 heteroatoms. The van der Waals surface area contributed by atoms with Crippen LogP contribution in [0.4, 0.5) is 11.4 Å². The van der Waals surface area contributed by atoms with E-state index in [2.05, 4.69) is 15.4 Å². The van der Waals surface area contributed by atoms with E-state index in [4.69, 9.17) is 10.5 Å². The number of nitrogen functional groups attached to an aromatic ring is 1. The molecule has 0 atom stereocenters. The molecule has 0 aliphatic carbocycles. The van der Waals surface area contributed by atoms with E-state index in [1.807, 2.05) is 36.4 Å². The second kappa shape index (κ2) is 8.38. The van der Waals surface area contributed by atoms with Gasteiger partial charge in [0.2, 0.25) is 0 Å². The van der Waals surface area contributed by atoms with Gasteiger partial charge < -0.3 is 15.4 Å². The minimum Gasteiger partial charge on any atom is -0.497 e. The van der Waals surface area contributed by atoms with Crippen molar-refractivity contribution in [3.8, 4) is 5.75 Å². The van der Waals surface area contributed by atoms with Gasteiger partial charge in [-0.25, -0.2) is 5.43 Å². The van der Waals surface area contributed by atoms with Crippen molar-refractivity contribution in [2.75, 3.05) is 30.8 Å². The number of ether oxygens (including phenoxy) is 1. The van der Waals surface area contributed by atoms with Crippen LogP contribution in [-0.2, 0) is 0 Å². The van der Waals surface area contributed by atoms with Gasteiger partial charge in [-0.15, -0.1) is 0 Å². The van der Waals surface area contributed by atoms with E-state index >= 15 is 0 Å². The highest BCUT2D eigenvalue weighted by Crippen LogP contribution is 2.24. The summed E-state index contributed by atoms with van der Waals surface area (Å²) in [5, 5.41) is 4.02. The zero-order valence-corrected chi connectivity index (χ0v) is 14.9. The zero-order valence-electron chi connectivity index (χ0n) is 14.9. The molecule has 3 rings (SSSR count). The smallest absolute Gasteiger partial charge is 0.273 e. The molecule has 26 heavy (non-hydrogen) atoms. The van der Waals surface area contributed by atoms with Crippen molar-refractivity contribution in [2.24, 2.45) is 5.10 Å². The Morgan fingerprint density at radius 3 is 2.58 bits per heavy atom. The van der Waals surface area contributed by atoms with Gasteiger partial charge in [0, 0.05) is 24.5 Å². The molecule has 0 radical (unpaired) electrons. The third kappa shape index (κ3) is 4.33. The van der Waals surface area contributed by atoms with Crippen LogP contribution in [0.2, 0.25) is 0 Å². The summed E-state index contributed by atoms with van der Waals surface area (Å²) in [5.74, 6) is 0.458. The Bertz CT molecular complexity index is 781. The van der Waals surface area contributed by atoms with E-state index in [0.29, 0.717) is 11.3 Å². The largest absolute Gasteiger partial charge is 0.497 e. The minimum atomic E-state index is -0.314. The maximum atomic E-state index is 12.4. The number of hydrazone groups is 1. The third-order valence-corrected chi connectivity index (χ3v) is 4.50. The molecule has 1 amide bonds. The second-order valence-electron chi connectivity index (χ2n) is 6.29. The highest BCUT2D eigenvalue weighted by atomic mass is 16.5. The number of benzene rings is 2. The van der Waals surface area contributed by atoms with Crippen LogP contribution in [0.3, 0.4) is 0 Å². The summed E-state index contributed by atoms with van der Waals surface area (Å²) in [7, 11) is 1.62. The summed E-state index contributed by atoms with van der Waals surface area (Å²) >= 11 is 0. The lowest BCUT2D eigenvalue weighted by Gasteiger charge is -2.29. The summed E-state index contributed by atoms with van der Waals surface area (Å²) in [6.07, 6.45) is 5.21. The van der Waals surface area contributed by atoms with Crippen molar-refractivity contribution in [2.45, 2.75) is 19.3 Å². The molecule has 0 saturated carbocycles. The number of anilines is 2. The molecule has 0 bridgehead atoms. The maximum absolute atomic E-state index is 12.4. The van der Waals surface area contributed by atoms with Gasteiger partial charge >= 0.3 is 0 Å². The SMILES string of the molecule is COc1ccc(C=NNC(=O)c2cc(N3CCCCC3)ccc2N)cc1. The van der Waals surface area contributed by atoms with Crippen molar-refractivity contribution in [3.63, 3.8) is 0 Å². The Kier molecular flexibility index (Phi) is 5.73. The fourth-order valence-electron chi connectivity index (χ4n) is 3.01. The first-order valence-electron chi connectivity index (χ1n) is 8.79. The predicted octanol–water partition coefficient (Wildman–Crippen LogP) is 3.03. The van der Waals surface area contributed by atoms with Crippen molar-refractivity contribution in [1.29, 1.82) is 0 Å². The summed E-state index contributed by atoms with van der Waals surface area (Å²) in [6.45, 7) is 2.03. The molecule has 1 saturated heterocycles. The van der Waals surface area contributed by atoms with Gasteiger partial charge in [0.25, 0.3) is 5.91 Å². The number of hydrogen-bond acceptors (Lipinski definition) is 5. The Hall–Kier alpha value is -3.02. The van der Waals surface area contributed by atoms with E-state index in [-0.39, 0.29) is 5.91 Å². The van der Waals surface area contributed by atoms with E-state index < -0.39 is 0 Å². The predicted molar refractivity (Wildman–Crippen MR) is 105 cm³/mol. The molecule has 1 fully saturated rings. The van der Waals surface area contributed by atoms with Crippen LogP contribution in [0, 0.1) is 0 Å². The number of rotatable bonds is 5. The zero-order chi connectivity index (χ0) is 18.4. The Morgan fingerprint density at radius 2 is 1.88 bits per heavy atom. The van der Waals surface area contributed by atoms with E-state index in [1.165, 1.54) is 19.3 Å². The Labute approximate surface area is 153 Å². The topological polar surface area (TPSA) is 80.0 Å². The van der Waals surface area contributed by atoms with Crippen LogP contribution < -0.4 is 20.8 Å². The fourth-order valence-corrected chi connectivity index (χ4v) is 3.01. The number of nitrogens with two attached hydrogens (primary N) is 1. The van der Waals surface area contributed by atoms with Gasteiger partial charge in [-0.05, 0) is 67.3 Å². The van der Waals surface area contributed by atoms with Crippen LogP contribution in [-0.4, -0.2) is 32.3 Å². The lowest BCUT2D eigenvalue weighted by atomic mass is 10.1. The van der Waals surface area contributed by atoms with Crippen LogP contribution in [0.5, 0.6) is 5.75 Å². The average molecular weight is 352 g/mol. The summed E-state index contributed by atoms with van der Waals surface area (Å²) in [6, 6.07) is 13.0. The first kappa shape index (κ1) is 17.8. The molecule has 1 aliphatic heterocycles. The highest BCUT2D eigenvalue weighted by Gasteiger charge is 2.15. The monoisotopic (exact) mass is 352 g/mol. The summed E-state index contributed by atoms with van der Waals surface area (Å²) in [4.78, 5) is 14.7. The molecule has 3 N–H and O–H groups in total. The number of carbonyl (C=O) groups is 1. The lowest BCUT2D eigenvalue weighted by Crippen LogP contribution is -2.29. The first-order valence-corrected chi connectivity index (χ1v) is 8.79. The number of nitrogens with one attached hydrogen (secondary N) is 1. The van der Waals surface area contributed by atoms with Gasteiger partial charge in [-0.1, -0.05) is 0 Å². The fraction of sp³-hybridized carbons (Fsp3) is 0.300. The van der Waals surface area contributed by atoms with Crippen molar-refractivity contribution in [3.05, 3.63) is 53.6 Å². The Morgan fingerprint density at radius 1 is 1.15 bits per heavy atom. The van der Waals surface area contributed by atoms with Crippen molar-refractivity contribution < 1.29 is 9.53 Å². The van der Waals surface area contributed by atoms with E-state index in [0.717, 1.165) is 30.1 Å². The van der Waals surface area contributed by atoms with Crippen LogP contribution in [0.15, 0.2) is 47.6 Å². The van der Waals surface area contributed by atoms with Crippen LogP contribution in [0.25, 0.3) is 0 Å². The number of methoxy groups -OCH3 is 1. The summed E-state index contributed by atoms with van der Waals surface area (Å²) in [5.41, 5.74) is 11.3. The number of nitrogens with zero attached hydrogens (tertiary/aromatic N) is 2. The summed E-state index contributed by atoms with van der Waals surface area (Å²) < 4.78 is 5.11. The Balaban J connectivity index is 1.67. The maximum Gasteiger partial charge on any atom is 0.273 e.